The molecule has 0 spiro atoms. The van der Waals surface area contributed by atoms with Crippen LogP contribution in [0.15, 0.2) is 18.3 Å². The van der Waals surface area contributed by atoms with Crippen molar-refractivity contribution < 1.29 is 0 Å². The van der Waals surface area contributed by atoms with Crippen LogP contribution in [0.1, 0.15) is 18.0 Å². The molecule has 0 amide bonds. The lowest BCUT2D eigenvalue weighted by atomic mass is 10.1. The number of aromatic nitrogens is 2. The molecule has 0 radical (unpaired) electrons. The van der Waals surface area contributed by atoms with Gasteiger partial charge in [0.05, 0.1) is 5.69 Å². The predicted molar refractivity (Wildman–Crippen MR) is 56.8 cm³/mol. The van der Waals surface area contributed by atoms with E-state index in [2.05, 4.69) is 15.5 Å². The maximum absolute atomic E-state index is 4.07. The summed E-state index contributed by atoms with van der Waals surface area (Å²) in [6, 6.07) is 3.99. The molecule has 1 unspecified atom stereocenters. The second-order valence-corrected chi connectivity index (χ2v) is 2.84. The average molecular weight is 222 g/mol. The van der Waals surface area contributed by atoms with E-state index in [1.807, 2.05) is 12.1 Å². The van der Waals surface area contributed by atoms with Crippen LogP contribution in [0.3, 0.4) is 0 Å². The fourth-order valence-corrected chi connectivity index (χ4v) is 1.44. The molecule has 1 aliphatic heterocycles. The molecule has 1 N–H and O–H groups in total. The third kappa shape index (κ3) is 3.10. The molecule has 1 aromatic rings. The van der Waals surface area contributed by atoms with Crippen molar-refractivity contribution >= 4 is 24.8 Å². The van der Waals surface area contributed by atoms with Gasteiger partial charge >= 0.3 is 0 Å². The van der Waals surface area contributed by atoms with Gasteiger partial charge in [-0.2, -0.15) is 10.2 Å². The molecule has 1 fully saturated rings. The molecule has 3 nitrogen and oxygen atoms in total. The van der Waals surface area contributed by atoms with Crippen LogP contribution in [-0.2, 0) is 0 Å². The van der Waals surface area contributed by atoms with E-state index in [4.69, 9.17) is 0 Å². The van der Waals surface area contributed by atoms with Gasteiger partial charge in [0.1, 0.15) is 0 Å². The highest BCUT2D eigenvalue weighted by Gasteiger charge is 2.17. The Bertz CT molecular complexity index is 224. The molecule has 0 aliphatic carbocycles. The van der Waals surface area contributed by atoms with E-state index in [1.165, 1.54) is 6.42 Å². The molecule has 2 heterocycles. The third-order valence-corrected chi connectivity index (χ3v) is 2.07. The van der Waals surface area contributed by atoms with E-state index < -0.39 is 0 Å². The van der Waals surface area contributed by atoms with Gasteiger partial charge in [-0.05, 0) is 25.1 Å². The van der Waals surface area contributed by atoms with E-state index in [0.717, 1.165) is 18.8 Å². The Morgan fingerprint density at radius 2 is 2.23 bits per heavy atom. The Labute approximate surface area is 90.1 Å². The number of hydrogen-bond acceptors (Lipinski definition) is 3. The zero-order valence-electron chi connectivity index (χ0n) is 7.14. The third-order valence-electron chi connectivity index (χ3n) is 2.07. The van der Waals surface area contributed by atoms with Gasteiger partial charge in [0.15, 0.2) is 0 Å². The van der Waals surface area contributed by atoms with Crippen LogP contribution < -0.4 is 5.32 Å². The molecule has 2 rings (SSSR count). The number of nitrogens with zero attached hydrogens (tertiary/aromatic N) is 2. The van der Waals surface area contributed by atoms with Crippen LogP contribution >= 0.6 is 24.8 Å². The van der Waals surface area contributed by atoms with Gasteiger partial charge in [-0.1, -0.05) is 0 Å². The first-order valence-corrected chi connectivity index (χ1v) is 3.95. The molecule has 1 saturated heterocycles. The van der Waals surface area contributed by atoms with Crippen molar-refractivity contribution in [3.63, 3.8) is 0 Å². The summed E-state index contributed by atoms with van der Waals surface area (Å²) in [5.74, 6) is 0.587. The van der Waals surface area contributed by atoms with E-state index in [-0.39, 0.29) is 24.8 Å². The lowest BCUT2D eigenvalue weighted by molar-refractivity contribution is 0.714. The normalized spacial score (nSPS) is 20.2. The van der Waals surface area contributed by atoms with Crippen molar-refractivity contribution in [3.05, 3.63) is 24.0 Å². The van der Waals surface area contributed by atoms with Gasteiger partial charge in [-0.3, -0.25) is 0 Å². The lowest BCUT2D eigenvalue weighted by Crippen LogP contribution is -2.09. The van der Waals surface area contributed by atoms with Crippen LogP contribution in [0.5, 0.6) is 0 Å². The van der Waals surface area contributed by atoms with Crippen molar-refractivity contribution in [1.82, 2.24) is 15.5 Å². The summed E-state index contributed by atoms with van der Waals surface area (Å²) in [7, 11) is 0. The Morgan fingerprint density at radius 3 is 2.77 bits per heavy atom. The van der Waals surface area contributed by atoms with Gasteiger partial charge in [-0.15, -0.1) is 24.8 Å². The van der Waals surface area contributed by atoms with Crippen molar-refractivity contribution in [1.29, 1.82) is 0 Å². The van der Waals surface area contributed by atoms with Crippen LogP contribution in [-0.4, -0.2) is 23.3 Å². The second-order valence-electron chi connectivity index (χ2n) is 2.84. The largest absolute Gasteiger partial charge is 0.316 e. The average Bonchev–Trinajstić information content (AvgIpc) is 2.58. The van der Waals surface area contributed by atoms with E-state index in [1.54, 1.807) is 6.20 Å². The Kier molecular flexibility index (Phi) is 5.95. The zero-order valence-corrected chi connectivity index (χ0v) is 8.77. The Morgan fingerprint density at radius 1 is 1.38 bits per heavy atom. The summed E-state index contributed by atoms with van der Waals surface area (Å²) in [5, 5.41) is 11.2. The molecule has 0 bridgehead atoms. The summed E-state index contributed by atoms with van der Waals surface area (Å²) in [6.07, 6.45) is 2.91. The van der Waals surface area contributed by atoms with Crippen LogP contribution in [0.2, 0.25) is 0 Å². The van der Waals surface area contributed by atoms with Gasteiger partial charge in [0.25, 0.3) is 0 Å². The van der Waals surface area contributed by atoms with Gasteiger partial charge in [-0.25, -0.2) is 0 Å². The number of rotatable bonds is 1. The fraction of sp³-hybridized carbons (Fsp3) is 0.500. The summed E-state index contributed by atoms with van der Waals surface area (Å²) < 4.78 is 0. The molecule has 1 aromatic heterocycles. The summed E-state index contributed by atoms with van der Waals surface area (Å²) in [5.41, 5.74) is 1.12. The monoisotopic (exact) mass is 221 g/mol. The minimum atomic E-state index is 0. The zero-order chi connectivity index (χ0) is 7.52. The minimum Gasteiger partial charge on any atom is -0.316 e. The van der Waals surface area contributed by atoms with Crippen molar-refractivity contribution in [3.8, 4) is 0 Å². The highest BCUT2D eigenvalue weighted by molar-refractivity contribution is 5.85. The maximum Gasteiger partial charge on any atom is 0.0675 e. The number of halogens is 2. The molecule has 1 aliphatic rings. The molecular weight excluding hydrogens is 209 g/mol. The highest BCUT2D eigenvalue weighted by Crippen LogP contribution is 2.18. The first-order chi connectivity index (χ1) is 5.47. The van der Waals surface area contributed by atoms with E-state index in [9.17, 15) is 0 Å². The van der Waals surface area contributed by atoms with Gasteiger partial charge in [0.2, 0.25) is 0 Å². The van der Waals surface area contributed by atoms with E-state index >= 15 is 0 Å². The van der Waals surface area contributed by atoms with Crippen molar-refractivity contribution in [2.75, 3.05) is 13.1 Å². The first kappa shape index (κ1) is 12.6. The van der Waals surface area contributed by atoms with Crippen molar-refractivity contribution in [2.45, 2.75) is 12.3 Å². The molecule has 5 heteroatoms. The second kappa shape index (κ2) is 6.13. The van der Waals surface area contributed by atoms with E-state index in [0.29, 0.717) is 5.92 Å². The Hall–Kier alpha value is -0.380. The van der Waals surface area contributed by atoms with Crippen LogP contribution in [0.4, 0.5) is 0 Å². The van der Waals surface area contributed by atoms with Crippen LogP contribution in [0, 0.1) is 0 Å². The summed E-state index contributed by atoms with van der Waals surface area (Å²) in [6.45, 7) is 2.17. The quantitative estimate of drug-likeness (QED) is 0.780. The Balaban J connectivity index is 0.000000720. The lowest BCUT2D eigenvalue weighted by Gasteiger charge is -2.04. The van der Waals surface area contributed by atoms with Gasteiger partial charge < -0.3 is 5.32 Å². The standard InChI is InChI=1S/C8H11N3.2ClH/c1-2-8(11-10-4-1)7-3-5-9-6-7;;/h1-2,4,7,9H,3,5-6H2;2*1H. The first-order valence-electron chi connectivity index (χ1n) is 3.95. The molecule has 0 saturated carbocycles. The fourth-order valence-electron chi connectivity index (χ4n) is 1.44. The molecule has 74 valence electrons. The smallest absolute Gasteiger partial charge is 0.0675 e. The predicted octanol–water partition coefficient (Wildman–Crippen LogP) is 1.40. The summed E-state index contributed by atoms with van der Waals surface area (Å²) >= 11 is 0. The SMILES string of the molecule is Cl.Cl.c1cnnc(C2CCNC2)c1. The molecular formula is C8H13Cl2N3. The van der Waals surface area contributed by atoms with Crippen molar-refractivity contribution in [2.24, 2.45) is 0 Å². The highest BCUT2D eigenvalue weighted by atomic mass is 35.5. The molecule has 13 heavy (non-hydrogen) atoms. The van der Waals surface area contributed by atoms with Crippen LogP contribution in [0.25, 0.3) is 0 Å². The maximum atomic E-state index is 4.07. The minimum absolute atomic E-state index is 0. The molecule has 0 aromatic carbocycles. The topological polar surface area (TPSA) is 37.8 Å². The number of nitrogens with one attached hydrogen (secondary N) is 1. The number of hydrogen-bond donors (Lipinski definition) is 1. The van der Waals surface area contributed by atoms with Gasteiger partial charge in [0, 0.05) is 18.7 Å². The summed E-state index contributed by atoms with van der Waals surface area (Å²) in [4.78, 5) is 0. The molecule has 1 atom stereocenters.